The summed E-state index contributed by atoms with van der Waals surface area (Å²) in [6.45, 7) is 0. The van der Waals surface area contributed by atoms with Crippen molar-refractivity contribution in [2.24, 2.45) is 0 Å². The molecular weight excluding hydrogens is 384 g/mol. The van der Waals surface area contributed by atoms with Crippen LogP contribution < -0.4 is 24.8 Å². The maximum atomic E-state index is 13.0. The summed E-state index contributed by atoms with van der Waals surface area (Å²) < 4.78 is 15.9. The van der Waals surface area contributed by atoms with Crippen LogP contribution in [0.2, 0.25) is 0 Å². The fourth-order valence-corrected chi connectivity index (χ4v) is 2.88. The first-order chi connectivity index (χ1) is 14.6. The molecular formula is C23H22N2O5. The van der Waals surface area contributed by atoms with Crippen LogP contribution in [0, 0.1) is 0 Å². The summed E-state index contributed by atoms with van der Waals surface area (Å²) >= 11 is 0. The van der Waals surface area contributed by atoms with Gasteiger partial charge in [-0.15, -0.1) is 0 Å². The second kappa shape index (κ2) is 9.47. The maximum absolute atomic E-state index is 13.0. The lowest BCUT2D eigenvalue weighted by atomic mass is 10.1. The van der Waals surface area contributed by atoms with Gasteiger partial charge in [-0.05, 0) is 24.3 Å². The molecule has 0 unspecified atom stereocenters. The summed E-state index contributed by atoms with van der Waals surface area (Å²) in [5.74, 6) is 0.474. The zero-order valence-electron chi connectivity index (χ0n) is 16.9. The Balaban J connectivity index is 1.87. The van der Waals surface area contributed by atoms with E-state index in [9.17, 15) is 9.59 Å². The van der Waals surface area contributed by atoms with E-state index in [0.717, 1.165) is 0 Å². The van der Waals surface area contributed by atoms with Gasteiger partial charge in [-0.1, -0.05) is 30.3 Å². The number of rotatable bonds is 7. The zero-order valence-corrected chi connectivity index (χ0v) is 16.9. The van der Waals surface area contributed by atoms with Crippen molar-refractivity contribution in [1.29, 1.82) is 0 Å². The summed E-state index contributed by atoms with van der Waals surface area (Å²) in [5.41, 5.74) is 1.70. The van der Waals surface area contributed by atoms with Crippen molar-refractivity contribution in [1.82, 2.24) is 0 Å². The summed E-state index contributed by atoms with van der Waals surface area (Å²) in [4.78, 5) is 25.5. The number of nitrogens with one attached hydrogen (secondary N) is 2. The molecule has 0 aliphatic rings. The third kappa shape index (κ3) is 4.52. The van der Waals surface area contributed by atoms with Gasteiger partial charge in [0, 0.05) is 17.7 Å². The highest BCUT2D eigenvalue weighted by molar-refractivity contribution is 6.11. The molecule has 7 heteroatoms. The Labute approximate surface area is 174 Å². The van der Waals surface area contributed by atoms with E-state index in [-0.39, 0.29) is 11.5 Å². The third-order valence-corrected chi connectivity index (χ3v) is 4.41. The second-order valence-electron chi connectivity index (χ2n) is 6.23. The van der Waals surface area contributed by atoms with Crippen LogP contribution in [0.25, 0.3) is 0 Å². The molecule has 0 heterocycles. The Morgan fingerprint density at radius 1 is 0.633 bits per heavy atom. The standard InChI is InChI=1S/C23H22N2O5/c1-28-19-14-21(30-3)20(29-2)13-16(19)23(27)25-18-12-8-7-11-17(18)24-22(26)15-9-5-4-6-10-15/h4-14H,1-3H3,(H,24,26)(H,25,27). The number of methoxy groups -OCH3 is 3. The molecule has 3 rings (SSSR count). The van der Waals surface area contributed by atoms with Crippen molar-refractivity contribution in [3.05, 3.63) is 77.9 Å². The lowest BCUT2D eigenvalue weighted by molar-refractivity contribution is 0.101. The number of hydrogen-bond acceptors (Lipinski definition) is 5. The van der Waals surface area contributed by atoms with Crippen LogP contribution >= 0.6 is 0 Å². The number of ether oxygens (including phenoxy) is 3. The van der Waals surface area contributed by atoms with Crippen LogP contribution in [-0.4, -0.2) is 33.1 Å². The average molecular weight is 406 g/mol. The topological polar surface area (TPSA) is 85.9 Å². The van der Waals surface area contributed by atoms with Gasteiger partial charge in [0.1, 0.15) is 5.75 Å². The first-order valence-corrected chi connectivity index (χ1v) is 9.14. The van der Waals surface area contributed by atoms with E-state index in [1.807, 2.05) is 6.07 Å². The molecule has 0 radical (unpaired) electrons. The van der Waals surface area contributed by atoms with E-state index in [1.54, 1.807) is 54.6 Å². The number of carbonyl (C=O) groups excluding carboxylic acids is 2. The van der Waals surface area contributed by atoms with E-state index >= 15 is 0 Å². The second-order valence-corrected chi connectivity index (χ2v) is 6.23. The Morgan fingerprint density at radius 2 is 1.13 bits per heavy atom. The highest BCUT2D eigenvalue weighted by atomic mass is 16.5. The predicted octanol–water partition coefficient (Wildman–Crippen LogP) is 4.22. The Kier molecular flexibility index (Phi) is 6.54. The molecule has 0 spiro atoms. The minimum atomic E-state index is -0.422. The molecule has 2 amide bonds. The van der Waals surface area contributed by atoms with Crippen LogP contribution in [0.5, 0.6) is 17.2 Å². The summed E-state index contributed by atoms with van der Waals surface area (Å²) in [7, 11) is 4.45. The first-order valence-electron chi connectivity index (χ1n) is 9.14. The molecule has 0 aliphatic carbocycles. The zero-order chi connectivity index (χ0) is 21.5. The Morgan fingerprint density at radius 3 is 1.70 bits per heavy atom. The SMILES string of the molecule is COc1cc(OC)c(C(=O)Nc2ccccc2NC(=O)c2ccccc2)cc1OC. The van der Waals surface area contributed by atoms with Crippen LogP contribution in [0.15, 0.2) is 66.7 Å². The lowest BCUT2D eigenvalue weighted by Crippen LogP contribution is -2.17. The molecule has 0 fully saturated rings. The van der Waals surface area contributed by atoms with Gasteiger partial charge < -0.3 is 24.8 Å². The monoisotopic (exact) mass is 406 g/mol. The molecule has 0 atom stereocenters. The van der Waals surface area contributed by atoms with E-state index in [2.05, 4.69) is 10.6 Å². The first kappa shape index (κ1) is 20.7. The van der Waals surface area contributed by atoms with Gasteiger partial charge in [0.25, 0.3) is 11.8 Å². The fraction of sp³-hybridized carbons (Fsp3) is 0.130. The summed E-state index contributed by atoms with van der Waals surface area (Å²) in [6, 6.07) is 18.9. The number of hydrogen-bond donors (Lipinski definition) is 2. The van der Waals surface area contributed by atoms with Gasteiger partial charge in [0.05, 0.1) is 38.3 Å². The largest absolute Gasteiger partial charge is 0.496 e. The summed E-state index contributed by atoms with van der Waals surface area (Å²) in [5, 5.41) is 5.64. The normalized spacial score (nSPS) is 10.1. The van der Waals surface area contributed by atoms with Gasteiger partial charge >= 0.3 is 0 Å². The van der Waals surface area contributed by atoms with E-state index in [4.69, 9.17) is 14.2 Å². The smallest absolute Gasteiger partial charge is 0.259 e. The predicted molar refractivity (Wildman–Crippen MR) is 115 cm³/mol. The number of benzene rings is 3. The summed E-state index contributed by atoms with van der Waals surface area (Å²) in [6.07, 6.45) is 0. The Hall–Kier alpha value is -4.00. The number of para-hydroxylation sites is 2. The molecule has 154 valence electrons. The fourth-order valence-electron chi connectivity index (χ4n) is 2.88. The number of amides is 2. The molecule has 3 aromatic carbocycles. The molecule has 2 N–H and O–H groups in total. The van der Waals surface area contributed by atoms with Crippen LogP contribution in [-0.2, 0) is 0 Å². The average Bonchev–Trinajstić information content (AvgIpc) is 2.79. The molecule has 0 aliphatic heterocycles. The maximum Gasteiger partial charge on any atom is 0.259 e. The molecule has 0 saturated carbocycles. The van der Waals surface area contributed by atoms with E-state index in [1.165, 1.54) is 27.4 Å². The Bertz CT molecular complexity index is 1050. The van der Waals surface area contributed by atoms with Crippen molar-refractivity contribution < 1.29 is 23.8 Å². The molecule has 0 bridgehead atoms. The van der Waals surface area contributed by atoms with E-state index in [0.29, 0.717) is 34.2 Å². The van der Waals surface area contributed by atoms with Crippen molar-refractivity contribution in [3.8, 4) is 17.2 Å². The van der Waals surface area contributed by atoms with Gasteiger partial charge in [-0.3, -0.25) is 9.59 Å². The minimum Gasteiger partial charge on any atom is -0.496 e. The van der Waals surface area contributed by atoms with Gasteiger partial charge in [-0.2, -0.15) is 0 Å². The van der Waals surface area contributed by atoms with Crippen molar-refractivity contribution in [2.45, 2.75) is 0 Å². The molecule has 3 aromatic rings. The highest BCUT2D eigenvalue weighted by Gasteiger charge is 2.19. The molecule has 0 saturated heterocycles. The number of carbonyl (C=O) groups is 2. The van der Waals surface area contributed by atoms with E-state index < -0.39 is 5.91 Å². The molecule has 0 aromatic heterocycles. The van der Waals surface area contributed by atoms with Gasteiger partial charge in [0.15, 0.2) is 11.5 Å². The minimum absolute atomic E-state index is 0.263. The third-order valence-electron chi connectivity index (χ3n) is 4.41. The lowest BCUT2D eigenvalue weighted by Gasteiger charge is -2.16. The van der Waals surface area contributed by atoms with Crippen LogP contribution in [0.1, 0.15) is 20.7 Å². The molecule has 30 heavy (non-hydrogen) atoms. The van der Waals surface area contributed by atoms with Crippen molar-refractivity contribution in [2.75, 3.05) is 32.0 Å². The van der Waals surface area contributed by atoms with Gasteiger partial charge in [0.2, 0.25) is 0 Å². The highest BCUT2D eigenvalue weighted by Crippen LogP contribution is 2.35. The van der Waals surface area contributed by atoms with Crippen LogP contribution in [0.4, 0.5) is 11.4 Å². The number of anilines is 2. The van der Waals surface area contributed by atoms with Gasteiger partial charge in [-0.25, -0.2) is 0 Å². The molecule has 7 nitrogen and oxygen atoms in total. The quantitative estimate of drug-likeness (QED) is 0.614. The van der Waals surface area contributed by atoms with Crippen LogP contribution in [0.3, 0.4) is 0 Å². The van der Waals surface area contributed by atoms with Crippen molar-refractivity contribution in [3.63, 3.8) is 0 Å². The van der Waals surface area contributed by atoms with Crippen molar-refractivity contribution >= 4 is 23.2 Å².